The number of benzene rings is 2. The van der Waals surface area contributed by atoms with E-state index in [2.05, 4.69) is 15.6 Å². The predicted octanol–water partition coefficient (Wildman–Crippen LogP) is 4.83. The number of methoxy groups -OCH3 is 1. The summed E-state index contributed by atoms with van der Waals surface area (Å²) in [6.07, 6.45) is 0. The summed E-state index contributed by atoms with van der Waals surface area (Å²) in [5.74, 6) is 0.320. The largest absolute Gasteiger partial charge is 0.497 e. The summed E-state index contributed by atoms with van der Waals surface area (Å²) < 4.78 is 5.15. The van der Waals surface area contributed by atoms with E-state index in [0.717, 1.165) is 10.6 Å². The number of aromatic nitrogens is 1. The van der Waals surface area contributed by atoms with Crippen LogP contribution in [-0.4, -0.2) is 29.2 Å². The van der Waals surface area contributed by atoms with Gasteiger partial charge in [-0.1, -0.05) is 6.07 Å². The number of hydrogen-bond donors (Lipinski definition) is 2. The number of hydrogen-bond acceptors (Lipinski definition) is 6. The van der Waals surface area contributed by atoms with Gasteiger partial charge in [0.15, 0.2) is 5.13 Å². The SMILES string of the molecule is COc1cccc(C(=O)Nc2ccc(SC(C)C(=O)Nc3nc(C)cs3)cc2)c1. The molecule has 0 aliphatic carbocycles. The number of rotatable bonds is 7. The molecule has 2 N–H and O–H groups in total. The van der Waals surface area contributed by atoms with Gasteiger partial charge in [-0.05, 0) is 56.3 Å². The van der Waals surface area contributed by atoms with Gasteiger partial charge >= 0.3 is 0 Å². The molecule has 0 bridgehead atoms. The highest BCUT2D eigenvalue weighted by molar-refractivity contribution is 8.00. The van der Waals surface area contributed by atoms with Crippen LogP contribution >= 0.6 is 23.1 Å². The maximum absolute atomic E-state index is 12.4. The molecule has 0 saturated carbocycles. The van der Waals surface area contributed by atoms with Gasteiger partial charge in [0.1, 0.15) is 5.75 Å². The Morgan fingerprint density at radius 3 is 2.55 bits per heavy atom. The second-order valence-electron chi connectivity index (χ2n) is 6.25. The standard InChI is InChI=1S/C21H21N3O3S2/c1-13-12-28-21(22-13)24-19(25)14(2)29-18-9-7-16(8-10-18)23-20(26)15-5-4-6-17(11-15)27-3/h4-12,14H,1-3H3,(H,23,26)(H,22,24,25). The van der Waals surface area contributed by atoms with Gasteiger partial charge in [-0.15, -0.1) is 23.1 Å². The molecule has 29 heavy (non-hydrogen) atoms. The van der Waals surface area contributed by atoms with Crippen LogP contribution in [0.2, 0.25) is 0 Å². The lowest BCUT2D eigenvalue weighted by Crippen LogP contribution is -2.22. The number of amides is 2. The minimum absolute atomic E-state index is 0.0974. The summed E-state index contributed by atoms with van der Waals surface area (Å²) in [6.45, 7) is 3.73. The highest BCUT2D eigenvalue weighted by atomic mass is 32.2. The molecule has 3 rings (SSSR count). The van der Waals surface area contributed by atoms with Crippen molar-refractivity contribution >= 4 is 45.7 Å². The van der Waals surface area contributed by atoms with E-state index in [9.17, 15) is 9.59 Å². The quantitative estimate of drug-likeness (QED) is 0.528. The van der Waals surface area contributed by atoms with Crippen molar-refractivity contribution in [2.24, 2.45) is 0 Å². The van der Waals surface area contributed by atoms with Crippen molar-refractivity contribution in [1.82, 2.24) is 4.98 Å². The summed E-state index contributed by atoms with van der Waals surface area (Å²) in [7, 11) is 1.56. The molecule has 8 heteroatoms. The first-order valence-corrected chi connectivity index (χ1v) is 10.7. The van der Waals surface area contributed by atoms with Gasteiger partial charge in [0, 0.05) is 21.5 Å². The Balaban J connectivity index is 1.56. The van der Waals surface area contributed by atoms with E-state index in [1.54, 1.807) is 31.4 Å². The summed E-state index contributed by atoms with van der Waals surface area (Å²) in [4.78, 5) is 29.9. The van der Waals surface area contributed by atoms with Crippen molar-refractivity contribution in [1.29, 1.82) is 0 Å². The number of anilines is 2. The second-order valence-corrected chi connectivity index (χ2v) is 8.53. The molecule has 0 radical (unpaired) electrons. The van der Waals surface area contributed by atoms with E-state index in [4.69, 9.17) is 4.74 Å². The second kappa shape index (κ2) is 9.58. The molecule has 1 atom stereocenters. The third kappa shape index (κ3) is 5.82. The Bertz CT molecular complexity index is 1000. The van der Waals surface area contributed by atoms with Gasteiger partial charge in [0.05, 0.1) is 18.1 Å². The van der Waals surface area contributed by atoms with Crippen molar-refractivity contribution in [2.45, 2.75) is 24.0 Å². The van der Waals surface area contributed by atoms with Crippen LogP contribution in [0.25, 0.3) is 0 Å². The van der Waals surface area contributed by atoms with Crippen LogP contribution in [0.5, 0.6) is 5.75 Å². The van der Waals surface area contributed by atoms with Crippen molar-refractivity contribution in [3.8, 4) is 5.75 Å². The van der Waals surface area contributed by atoms with Crippen LogP contribution in [0.4, 0.5) is 10.8 Å². The van der Waals surface area contributed by atoms with Gasteiger partial charge in [0.2, 0.25) is 5.91 Å². The number of thiazole rings is 1. The number of carbonyl (C=O) groups is 2. The Morgan fingerprint density at radius 2 is 1.90 bits per heavy atom. The van der Waals surface area contributed by atoms with Crippen LogP contribution < -0.4 is 15.4 Å². The van der Waals surface area contributed by atoms with Crippen LogP contribution in [0.3, 0.4) is 0 Å². The Kier molecular flexibility index (Phi) is 6.90. The molecule has 3 aromatic rings. The average Bonchev–Trinajstić information content (AvgIpc) is 3.14. The fourth-order valence-electron chi connectivity index (χ4n) is 2.46. The van der Waals surface area contributed by atoms with Crippen LogP contribution in [0, 0.1) is 6.92 Å². The first kappa shape index (κ1) is 20.9. The monoisotopic (exact) mass is 427 g/mol. The van der Waals surface area contributed by atoms with Crippen LogP contribution in [0.15, 0.2) is 58.8 Å². The molecule has 2 amide bonds. The highest BCUT2D eigenvalue weighted by Crippen LogP contribution is 2.26. The summed E-state index contributed by atoms with van der Waals surface area (Å²) >= 11 is 2.85. The maximum atomic E-state index is 12.4. The molecule has 0 spiro atoms. The van der Waals surface area contributed by atoms with Gasteiger partial charge in [0.25, 0.3) is 5.91 Å². The van der Waals surface area contributed by atoms with Gasteiger partial charge in [-0.3, -0.25) is 9.59 Å². The zero-order valence-corrected chi connectivity index (χ0v) is 17.9. The Hall–Kier alpha value is -2.84. The topological polar surface area (TPSA) is 80.3 Å². The smallest absolute Gasteiger partial charge is 0.255 e. The highest BCUT2D eigenvalue weighted by Gasteiger charge is 2.16. The van der Waals surface area contributed by atoms with E-state index >= 15 is 0 Å². The van der Waals surface area contributed by atoms with E-state index in [-0.39, 0.29) is 17.1 Å². The van der Waals surface area contributed by atoms with Crippen molar-refractivity contribution < 1.29 is 14.3 Å². The van der Waals surface area contributed by atoms with Gasteiger partial charge in [-0.2, -0.15) is 0 Å². The zero-order valence-electron chi connectivity index (χ0n) is 16.3. The van der Waals surface area contributed by atoms with Gasteiger partial charge in [-0.25, -0.2) is 4.98 Å². The molecule has 150 valence electrons. The summed E-state index contributed by atoms with van der Waals surface area (Å²) in [6, 6.07) is 14.4. The number of aryl methyl sites for hydroxylation is 1. The van der Waals surface area contributed by atoms with E-state index < -0.39 is 0 Å². The zero-order chi connectivity index (χ0) is 20.8. The molecule has 0 aliphatic rings. The normalized spacial score (nSPS) is 11.6. The third-order valence-corrected chi connectivity index (χ3v) is 5.96. The predicted molar refractivity (Wildman–Crippen MR) is 118 cm³/mol. The number of thioether (sulfide) groups is 1. The molecule has 1 heterocycles. The van der Waals surface area contributed by atoms with Gasteiger partial charge < -0.3 is 15.4 Å². The molecule has 2 aromatic carbocycles. The van der Waals surface area contributed by atoms with E-state index in [1.165, 1.54) is 23.1 Å². The fourth-order valence-corrected chi connectivity index (χ4v) is 4.02. The number of carbonyl (C=O) groups excluding carboxylic acids is 2. The van der Waals surface area contributed by atoms with Crippen LogP contribution in [0.1, 0.15) is 23.0 Å². The first-order chi connectivity index (χ1) is 13.9. The summed E-state index contributed by atoms with van der Waals surface area (Å²) in [5, 5.41) is 7.91. The maximum Gasteiger partial charge on any atom is 0.255 e. The molecule has 0 aliphatic heterocycles. The number of ether oxygens (including phenoxy) is 1. The van der Waals surface area contributed by atoms with Crippen molar-refractivity contribution in [2.75, 3.05) is 17.7 Å². The Morgan fingerprint density at radius 1 is 1.14 bits per heavy atom. The molecule has 6 nitrogen and oxygen atoms in total. The number of nitrogens with one attached hydrogen (secondary N) is 2. The van der Waals surface area contributed by atoms with E-state index in [0.29, 0.717) is 22.1 Å². The number of nitrogens with zero attached hydrogens (tertiary/aromatic N) is 1. The van der Waals surface area contributed by atoms with E-state index in [1.807, 2.05) is 43.5 Å². The lowest BCUT2D eigenvalue weighted by atomic mass is 10.2. The average molecular weight is 428 g/mol. The lowest BCUT2D eigenvalue weighted by Gasteiger charge is -2.11. The fraction of sp³-hybridized carbons (Fsp3) is 0.190. The van der Waals surface area contributed by atoms with Crippen LogP contribution in [-0.2, 0) is 4.79 Å². The minimum Gasteiger partial charge on any atom is -0.497 e. The van der Waals surface area contributed by atoms with Crippen molar-refractivity contribution in [3.63, 3.8) is 0 Å². The first-order valence-electron chi connectivity index (χ1n) is 8.89. The third-order valence-electron chi connectivity index (χ3n) is 3.98. The summed E-state index contributed by atoms with van der Waals surface area (Å²) in [5.41, 5.74) is 2.08. The molecule has 1 unspecified atom stereocenters. The molecule has 0 saturated heterocycles. The lowest BCUT2D eigenvalue weighted by molar-refractivity contribution is -0.115. The molecular weight excluding hydrogens is 406 g/mol. The van der Waals surface area contributed by atoms with Crippen molar-refractivity contribution in [3.05, 3.63) is 65.2 Å². The molecule has 0 fully saturated rings. The molecule has 1 aromatic heterocycles. The molecular formula is C21H21N3O3S2. The Labute approximate surface area is 177 Å². The minimum atomic E-state index is -0.281.